The summed E-state index contributed by atoms with van der Waals surface area (Å²) in [5.74, 6) is 0.0361. The van der Waals surface area contributed by atoms with Crippen molar-refractivity contribution < 1.29 is 23.5 Å². The number of nitrogens with zero attached hydrogens (tertiary/aromatic N) is 4. The first-order valence-corrected chi connectivity index (χ1v) is 15.6. The highest BCUT2D eigenvalue weighted by Gasteiger charge is 2.52. The van der Waals surface area contributed by atoms with Gasteiger partial charge in [-0.2, -0.15) is 5.01 Å². The third-order valence-electron chi connectivity index (χ3n) is 8.73. The number of amides is 4. The van der Waals surface area contributed by atoms with E-state index in [1.165, 1.54) is 12.1 Å². The molecule has 2 fully saturated rings. The number of piperazine rings is 1. The third-order valence-corrected chi connectivity index (χ3v) is 8.73. The Kier molecular flexibility index (Phi) is 9.16. The van der Waals surface area contributed by atoms with Gasteiger partial charge in [-0.25, -0.2) is 9.18 Å². The number of ether oxygens (including phenoxy) is 1. The molecule has 4 aromatic rings. The van der Waals surface area contributed by atoms with Crippen LogP contribution in [0.15, 0.2) is 91.0 Å². The molecule has 2 aliphatic heterocycles. The molecule has 1 N–H and O–H groups in total. The Balaban J connectivity index is 1.31. The third kappa shape index (κ3) is 6.39. The van der Waals surface area contributed by atoms with Crippen LogP contribution in [0.25, 0.3) is 10.8 Å². The number of urea groups is 1. The number of fused-ring (bicyclic) bond motifs is 2. The van der Waals surface area contributed by atoms with E-state index in [1.54, 1.807) is 34.2 Å². The van der Waals surface area contributed by atoms with Crippen LogP contribution in [-0.2, 0) is 29.1 Å². The van der Waals surface area contributed by atoms with Gasteiger partial charge in [-0.1, -0.05) is 73.7 Å². The lowest BCUT2D eigenvalue weighted by molar-refractivity contribution is -0.157. The molecule has 2 atom stereocenters. The van der Waals surface area contributed by atoms with E-state index in [0.717, 1.165) is 27.5 Å². The van der Waals surface area contributed by atoms with Crippen LogP contribution in [0.5, 0.6) is 5.75 Å². The normalized spacial score (nSPS) is 18.2. The van der Waals surface area contributed by atoms with Gasteiger partial charge in [-0.05, 0) is 58.1 Å². The molecule has 6 rings (SSSR count). The van der Waals surface area contributed by atoms with E-state index >= 15 is 0 Å². The maximum atomic E-state index is 14.3. The number of benzene rings is 4. The molecule has 10 heteroatoms. The smallest absolute Gasteiger partial charge is 0.332 e. The molecule has 46 heavy (non-hydrogen) atoms. The zero-order valence-corrected chi connectivity index (χ0v) is 26.1. The lowest BCUT2D eigenvalue weighted by atomic mass is 9.99. The van der Waals surface area contributed by atoms with Gasteiger partial charge in [0.1, 0.15) is 23.8 Å². The Morgan fingerprint density at radius 2 is 1.67 bits per heavy atom. The van der Waals surface area contributed by atoms with Gasteiger partial charge in [0.05, 0.1) is 20.2 Å². The van der Waals surface area contributed by atoms with Crippen LogP contribution in [0.1, 0.15) is 30.0 Å². The minimum absolute atomic E-state index is 0.0247. The topological polar surface area (TPSA) is 85.4 Å². The number of hydrogen-bond donors (Lipinski definition) is 1. The first kappa shape index (κ1) is 31.0. The van der Waals surface area contributed by atoms with E-state index in [4.69, 9.17) is 4.74 Å². The van der Waals surface area contributed by atoms with Crippen molar-refractivity contribution in [3.8, 4) is 5.75 Å². The summed E-state index contributed by atoms with van der Waals surface area (Å²) < 4.78 is 18.7. The van der Waals surface area contributed by atoms with E-state index in [1.807, 2.05) is 60.4 Å². The van der Waals surface area contributed by atoms with Crippen LogP contribution in [0, 0.1) is 5.82 Å². The molecule has 4 amide bonds. The second kappa shape index (κ2) is 13.6. The lowest BCUT2D eigenvalue weighted by Crippen LogP contribution is -2.66. The number of halogens is 1. The maximum absolute atomic E-state index is 14.3. The van der Waals surface area contributed by atoms with E-state index in [2.05, 4.69) is 23.5 Å². The number of methoxy groups -OCH3 is 1. The molecule has 0 radical (unpaired) electrons. The van der Waals surface area contributed by atoms with Crippen molar-refractivity contribution in [2.75, 3.05) is 26.7 Å². The summed E-state index contributed by atoms with van der Waals surface area (Å²) in [6.07, 6.45) is 0.455. The van der Waals surface area contributed by atoms with Gasteiger partial charge in [-0.3, -0.25) is 14.6 Å². The first-order valence-electron chi connectivity index (χ1n) is 15.6. The summed E-state index contributed by atoms with van der Waals surface area (Å²) >= 11 is 0. The Hall–Kier alpha value is -4.96. The Morgan fingerprint density at radius 3 is 2.41 bits per heavy atom. The van der Waals surface area contributed by atoms with Crippen LogP contribution in [0.4, 0.5) is 9.18 Å². The van der Waals surface area contributed by atoms with Crippen molar-refractivity contribution in [2.45, 2.75) is 45.1 Å². The molecular weight excluding hydrogens is 585 g/mol. The fraction of sp³-hybridized carbons (Fsp3) is 0.306. The van der Waals surface area contributed by atoms with Crippen molar-refractivity contribution in [1.82, 2.24) is 25.1 Å². The van der Waals surface area contributed by atoms with Crippen LogP contribution in [-0.4, -0.2) is 76.6 Å². The fourth-order valence-electron chi connectivity index (χ4n) is 6.44. The summed E-state index contributed by atoms with van der Waals surface area (Å²) in [4.78, 5) is 45.1. The van der Waals surface area contributed by atoms with Crippen molar-refractivity contribution in [3.05, 3.63) is 114 Å². The molecular formula is C36H38FN5O4. The van der Waals surface area contributed by atoms with Crippen molar-refractivity contribution >= 4 is 28.6 Å². The number of carbonyl (C=O) groups excluding carboxylic acids is 3. The summed E-state index contributed by atoms with van der Waals surface area (Å²) in [6.45, 7) is 3.16. The SMILES string of the molecule is CCCN(C(=O)NCc1ccc(F)cc1)N1CC(=O)N2[C@@H](Cc3ccc(OC)cc3)C(=O)N(Cc3cccc4ccccc34)C[C@@H]21. The van der Waals surface area contributed by atoms with Crippen LogP contribution in [0.3, 0.4) is 0 Å². The van der Waals surface area contributed by atoms with Gasteiger partial charge in [0.2, 0.25) is 11.8 Å². The number of hydrazine groups is 1. The van der Waals surface area contributed by atoms with E-state index in [0.29, 0.717) is 31.7 Å². The van der Waals surface area contributed by atoms with Gasteiger partial charge >= 0.3 is 6.03 Å². The molecule has 0 saturated carbocycles. The average Bonchev–Trinajstić information content (AvgIpc) is 3.40. The summed E-state index contributed by atoms with van der Waals surface area (Å²) in [5.41, 5.74) is 2.68. The molecule has 2 aliphatic rings. The van der Waals surface area contributed by atoms with E-state index in [-0.39, 0.29) is 43.3 Å². The number of rotatable bonds is 10. The molecule has 238 valence electrons. The van der Waals surface area contributed by atoms with E-state index in [9.17, 15) is 18.8 Å². The molecule has 0 aromatic heterocycles. The van der Waals surface area contributed by atoms with Crippen LogP contribution in [0.2, 0.25) is 0 Å². The highest BCUT2D eigenvalue weighted by atomic mass is 19.1. The highest BCUT2D eigenvalue weighted by Crippen LogP contribution is 2.31. The van der Waals surface area contributed by atoms with Gasteiger partial charge in [0.15, 0.2) is 0 Å². The van der Waals surface area contributed by atoms with Gasteiger partial charge in [0.25, 0.3) is 0 Å². The number of nitrogens with one attached hydrogen (secondary N) is 1. The minimum atomic E-state index is -0.745. The van der Waals surface area contributed by atoms with Crippen molar-refractivity contribution in [2.24, 2.45) is 0 Å². The largest absolute Gasteiger partial charge is 0.497 e. The minimum Gasteiger partial charge on any atom is -0.497 e. The van der Waals surface area contributed by atoms with Crippen LogP contribution < -0.4 is 10.1 Å². The zero-order chi connectivity index (χ0) is 32.2. The summed E-state index contributed by atoms with van der Waals surface area (Å²) in [5, 5.41) is 8.48. The Labute approximate surface area is 268 Å². The summed E-state index contributed by atoms with van der Waals surface area (Å²) in [7, 11) is 1.60. The maximum Gasteiger partial charge on any atom is 0.332 e. The number of carbonyl (C=O) groups is 3. The Bertz CT molecular complexity index is 1710. The van der Waals surface area contributed by atoms with Gasteiger partial charge in [0, 0.05) is 26.1 Å². The quantitative estimate of drug-likeness (QED) is 0.270. The van der Waals surface area contributed by atoms with E-state index < -0.39 is 12.2 Å². The molecule has 2 saturated heterocycles. The average molecular weight is 624 g/mol. The van der Waals surface area contributed by atoms with Gasteiger partial charge in [-0.15, -0.1) is 0 Å². The summed E-state index contributed by atoms with van der Waals surface area (Å²) in [6, 6.07) is 26.5. The van der Waals surface area contributed by atoms with Crippen LogP contribution >= 0.6 is 0 Å². The zero-order valence-electron chi connectivity index (χ0n) is 26.1. The predicted molar refractivity (Wildman–Crippen MR) is 173 cm³/mol. The molecule has 0 aliphatic carbocycles. The first-order chi connectivity index (χ1) is 22.4. The Morgan fingerprint density at radius 1 is 0.957 bits per heavy atom. The highest BCUT2D eigenvalue weighted by molar-refractivity contribution is 5.92. The molecule has 0 spiro atoms. The second-order valence-corrected chi connectivity index (χ2v) is 11.7. The molecule has 2 heterocycles. The predicted octanol–water partition coefficient (Wildman–Crippen LogP) is 4.95. The van der Waals surface area contributed by atoms with Crippen molar-refractivity contribution in [3.63, 3.8) is 0 Å². The number of hydrogen-bond acceptors (Lipinski definition) is 5. The molecule has 0 unspecified atom stereocenters. The molecule has 4 aromatic carbocycles. The monoisotopic (exact) mass is 623 g/mol. The lowest BCUT2D eigenvalue weighted by Gasteiger charge is -2.46. The molecule has 0 bridgehead atoms. The van der Waals surface area contributed by atoms with Gasteiger partial charge < -0.3 is 19.9 Å². The molecule has 9 nitrogen and oxygen atoms in total. The second-order valence-electron chi connectivity index (χ2n) is 11.7. The standard InChI is InChI=1S/C36H38FN5O4/c1-3-19-40(36(45)38-21-26-11-15-29(37)16-12-26)41-24-34(43)42-32(20-25-13-17-30(46-2)18-14-25)35(44)39(23-33(41)42)22-28-9-6-8-27-7-4-5-10-31(27)28/h4-18,32-33H,3,19-24H2,1-2H3,(H,38,45)/t32-,33+/m0/s1. The fourth-order valence-corrected chi connectivity index (χ4v) is 6.44. The van der Waals surface area contributed by atoms with Crippen molar-refractivity contribution in [1.29, 1.82) is 0 Å².